The van der Waals surface area contributed by atoms with Crippen molar-refractivity contribution in [3.05, 3.63) is 118 Å². The number of amides is 7. The number of imide groups is 2. The van der Waals surface area contributed by atoms with Crippen molar-refractivity contribution in [2.24, 2.45) is 0 Å². The summed E-state index contributed by atoms with van der Waals surface area (Å²) in [6.45, 7) is 14.6. The van der Waals surface area contributed by atoms with Crippen molar-refractivity contribution in [2.75, 3.05) is 72.4 Å². The van der Waals surface area contributed by atoms with E-state index < -0.39 is 40.9 Å². The molecule has 3 aromatic heterocycles. The summed E-state index contributed by atoms with van der Waals surface area (Å²) in [5.41, 5.74) is 6.16. The predicted molar refractivity (Wildman–Crippen MR) is 319 cm³/mol. The quantitative estimate of drug-likeness (QED) is 0.100. The largest absolute Gasteiger partial charge is 0.367 e. The van der Waals surface area contributed by atoms with E-state index in [-0.39, 0.29) is 65.5 Å². The average molecular weight is 1150 g/mol. The first-order valence-electron chi connectivity index (χ1n) is 30.0. The fourth-order valence-electron chi connectivity index (χ4n) is 14.0. The number of rotatable bonds is 12. The SMILES string of the molecule is Cc1cc(F)c(Nc2nc(-c3ccc4c(c3)N([C@H]3C[C@@H](N5CCCCC5)C3)C(=O)C43CCN(C(=O)c4ccc(N5CCN(c6cccc7c6C(=O)N(C6CCC(=O)NC6=O)C7=O)CC5)nc4)CC3)cc3ncn(C(C)C)c23)cc1C(=O)NC(C)C. The molecule has 3 N–H and O–H groups in total. The van der Waals surface area contributed by atoms with Crippen molar-refractivity contribution in [1.82, 2.24) is 44.9 Å². The highest BCUT2D eigenvalue weighted by molar-refractivity contribution is 6.25. The maximum Gasteiger partial charge on any atom is 0.264 e. The number of aryl methyl sites for hydroxylation is 1. The molecule has 9 heterocycles. The summed E-state index contributed by atoms with van der Waals surface area (Å²) in [5, 5.41) is 8.45. The molecule has 13 rings (SSSR count). The van der Waals surface area contributed by atoms with E-state index in [2.05, 4.69) is 47.7 Å². The zero-order chi connectivity index (χ0) is 59.2. The van der Waals surface area contributed by atoms with E-state index in [0.29, 0.717) is 109 Å². The molecule has 7 amide bonds. The van der Waals surface area contributed by atoms with Crippen molar-refractivity contribution < 1.29 is 38.0 Å². The van der Waals surface area contributed by atoms with Gasteiger partial charge in [-0.1, -0.05) is 24.6 Å². The second-order valence-corrected chi connectivity index (χ2v) is 24.6. The van der Waals surface area contributed by atoms with Crippen LogP contribution in [0.25, 0.3) is 22.3 Å². The van der Waals surface area contributed by atoms with E-state index >= 15 is 9.18 Å². The summed E-state index contributed by atoms with van der Waals surface area (Å²) in [6.07, 6.45) is 9.76. The fourth-order valence-corrected chi connectivity index (χ4v) is 14.0. The van der Waals surface area contributed by atoms with Gasteiger partial charge >= 0.3 is 0 Å². The number of hydrogen-bond acceptors (Lipinski definition) is 14. The third-order valence-corrected chi connectivity index (χ3v) is 18.7. The number of pyridine rings is 2. The van der Waals surface area contributed by atoms with Gasteiger partial charge in [-0.15, -0.1) is 0 Å². The molecule has 6 aliphatic heterocycles. The van der Waals surface area contributed by atoms with E-state index in [0.717, 1.165) is 47.6 Å². The highest BCUT2D eigenvalue weighted by Gasteiger charge is 2.56. The lowest BCUT2D eigenvalue weighted by molar-refractivity contribution is -0.136. The number of imidazole rings is 1. The Hall–Kier alpha value is -8.59. The molecule has 85 heavy (non-hydrogen) atoms. The van der Waals surface area contributed by atoms with Gasteiger partial charge in [-0.3, -0.25) is 43.8 Å². The monoisotopic (exact) mass is 1150 g/mol. The van der Waals surface area contributed by atoms with Crippen LogP contribution in [0.5, 0.6) is 0 Å². The Bertz CT molecular complexity index is 3740. The lowest BCUT2D eigenvalue weighted by Crippen LogP contribution is -2.58. The molecule has 1 saturated carbocycles. The van der Waals surface area contributed by atoms with Crippen LogP contribution in [0.15, 0.2) is 79.3 Å². The van der Waals surface area contributed by atoms with Gasteiger partial charge in [0.1, 0.15) is 23.2 Å². The number of carbonyl (C=O) groups is 7. The minimum atomic E-state index is -1.05. The Balaban J connectivity index is 0.726. The Morgan fingerprint density at radius 2 is 1.53 bits per heavy atom. The molecule has 4 saturated heterocycles. The first-order chi connectivity index (χ1) is 41.0. The van der Waals surface area contributed by atoms with Gasteiger partial charge in [-0.2, -0.15) is 0 Å². The maximum absolute atomic E-state index is 16.0. The smallest absolute Gasteiger partial charge is 0.264 e. The molecule has 1 spiro atoms. The van der Waals surface area contributed by atoms with Crippen LogP contribution in [0.4, 0.5) is 33.1 Å². The number of likely N-dealkylation sites (tertiary alicyclic amines) is 2. The zero-order valence-corrected chi connectivity index (χ0v) is 48.6. The molecule has 0 bridgehead atoms. The topological polar surface area (TPSA) is 219 Å². The highest BCUT2D eigenvalue weighted by atomic mass is 19.1. The number of benzene rings is 3. The van der Waals surface area contributed by atoms with Crippen molar-refractivity contribution in [1.29, 1.82) is 0 Å². The van der Waals surface area contributed by atoms with Gasteiger partial charge in [0.05, 0.1) is 51.0 Å². The molecule has 6 aromatic rings. The van der Waals surface area contributed by atoms with Crippen molar-refractivity contribution >= 4 is 81.1 Å². The first kappa shape index (κ1) is 55.6. The van der Waals surface area contributed by atoms with Crippen LogP contribution >= 0.6 is 0 Å². The van der Waals surface area contributed by atoms with Crippen LogP contribution in [0.3, 0.4) is 0 Å². The van der Waals surface area contributed by atoms with Crippen LogP contribution < -0.4 is 30.7 Å². The van der Waals surface area contributed by atoms with Crippen LogP contribution in [0.2, 0.25) is 0 Å². The van der Waals surface area contributed by atoms with E-state index in [1.807, 2.05) is 61.4 Å². The molecule has 1 aliphatic carbocycles. The first-order valence-corrected chi connectivity index (χ1v) is 30.0. The molecule has 1 unspecified atom stereocenters. The molecule has 21 heteroatoms. The van der Waals surface area contributed by atoms with Gasteiger partial charge in [0.15, 0.2) is 5.82 Å². The number of aromatic nitrogens is 4. The number of piperazine rings is 1. The second kappa shape index (κ2) is 21.8. The normalized spacial score (nSPS) is 21.5. The van der Waals surface area contributed by atoms with Crippen LogP contribution in [-0.2, 0) is 19.8 Å². The number of nitrogens with zero attached hydrogens (tertiary/aromatic N) is 10. The van der Waals surface area contributed by atoms with Gasteiger partial charge in [0.2, 0.25) is 17.7 Å². The number of nitrogens with one attached hydrogen (secondary N) is 3. The molecule has 5 fully saturated rings. The number of fused-ring (bicyclic) bond motifs is 4. The van der Waals surface area contributed by atoms with Gasteiger partial charge < -0.3 is 39.7 Å². The van der Waals surface area contributed by atoms with Crippen molar-refractivity contribution in [3.63, 3.8) is 0 Å². The lowest BCUT2D eigenvalue weighted by Gasteiger charge is -2.48. The molecule has 7 aliphatic rings. The number of anilines is 5. The molecule has 440 valence electrons. The van der Waals surface area contributed by atoms with Gasteiger partial charge in [0.25, 0.3) is 23.6 Å². The fraction of sp³-hybridized carbons (Fsp3) is 0.438. The van der Waals surface area contributed by atoms with Gasteiger partial charge in [-0.05, 0) is 152 Å². The number of hydrogen-bond donors (Lipinski definition) is 3. The number of piperidine rings is 3. The van der Waals surface area contributed by atoms with E-state index in [9.17, 15) is 28.8 Å². The van der Waals surface area contributed by atoms with E-state index in [1.54, 1.807) is 37.6 Å². The van der Waals surface area contributed by atoms with E-state index in [1.165, 1.54) is 31.4 Å². The summed E-state index contributed by atoms with van der Waals surface area (Å²) in [7, 11) is 0. The van der Waals surface area contributed by atoms with Crippen molar-refractivity contribution in [3.8, 4) is 11.3 Å². The minimum absolute atomic E-state index is 0.000704. The summed E-state index contributed by atoms with van der Waals surface area (Å²) in [6, 6.07) is 19.0. The number of carbonyl (C=O) groups excluding carboxylic acids is 7. The van der Waals surface area contributed by atoms with Crippen LogP contribution in [0.1, 0.15) is 144 Å². The van der Waals surface area contributed by atoms with Gasteiger partial charge in [0, 0.05) is 92.9 Å². The zero-order valence-electron chi connectivity index (χ0n) is 48.6. The third-order valence-electron chi connectivity index (χ3n) is 18.7. The third kappa shape index (κ3) is 9.73. The highest BCUT2D eigenvalue weighted by Crippen LogP contribution is 2.52. The standard InChI is InChI=1S/C64H70FN13O7/c1-36(2)68-58(80)44-32-48(46(65)28-38(44)5)70-57-56-49(67-35-76(56)37(3)4)33-47(69-57)39-12-14-45-52(29-39)77(42-30-41(31-42)72-20-7-6-8-21-72)63(85)64(45)18-22-75(23-19-64)60(82)40-13-16-53(66-34-40)74-26-24-73(25-27-74)50-11-9-10-43-55(50)62(84)78(61(43)83)51-15-17-54(79)71-59(51)81/h9-14,16,28-29,32-37,41-42,51H,6-8,15,17-27,30-31H2,1-5H3,(H,68,80)(H,69,70)(H,71,79,81)/t41-,42+,51?. The van der Waals surface area contributed by atoms with Gasteiger partial charge in [-0.25, -0.2) is 19.3 Å². The Labute approximate surface area is 492 Å². The predicted octanol–water partition coefficient (Wildman–Crippen LogP) is 7.67. The molecular formula is C64H70FN13O7. The molecule has 1 atom stereocenters. The minimum Gasteiger partial charge on any atom is -0.367 e. The van der Waals surface area contributed by atoms with E-state index in [4.69, 9.17) is 15.0 Å². The van der Waals surface area contributed by atoms with Crippen molar-refractivity contribution in [2.45, 2.75) is 128 Å². The number of halogens is 1. The Kier molecular flexibility index (Phi) is 14.3. The second-order valence-electron chi connectivity index (χ2n) is 24.6. The lowest BCUT2D eigenvalue weighted by atomic mass is 9.73. The molecule has 3 aromatic carbocycles. The maximum atomic E-state index is 16.0. The Morgan fingerprint density at radius 1 is 0.776 bits per heavy atom. The summed E-state index contributed by atoms with van der Waals surface area (Å²) >= 11 is 0. The molecular weight excluding hydrogens is 1080 g/mol. The van der Waals surface area contributed by atoms with Crippen LogP contribution in [0, 0.1) is 12.7 Å². The summed E-state index contributed by atoms with van der Waals surface area (Å²) < 4.78 is 17.9. The Morgan fingerprint density at radius 3 is 2.24 bits per heavy atom. The van der Waals surface area contributed by atoms with Crippen LogP contribution in [-0.4, -0.2) is 152 Å². The summed E-state index contributed by atoms with van der Waals surface area (Å²) in [5.74, 6) is -2.01. The molecule has 0 radical (unpaired) electrons. The average Bonchev–Trinajstić information content (AvgIpc) is 1.71. The molecule has 20 nitrogen and oxygen atoms in total. The summed E-state index contributed by atoms with van der Waals surface area (Å²) in [4.78, 5) is 121.